The Balaban J connectivity index is 1.34. The number of aromatic nitrogens is 1. The maximum Gasteiger partial charge on any atom is 0.331 e. The molecule has 6 rings (SSSR count). The van der Waals surface area contributed by atoms with E-state index in [1.54, 1.807) is 13.2 Å². The molecule has 0 unspecified atom stereocenters. The summed E-state index contributed by atoms with van der Waals surface area (Å²) in [6.07, 6.45) is 5.75. The molecule has 0 radical (unpaired) electrons. The third-order valence-corrected chi connectivity index (χ3v) is 9.16. The molecule has 1 aliphatic carbocycles. The summed E-state index contributed by atoms with van der Waals surface area (Å²) in [4.78, 5) is 57.3. The van der Waals surface area contributed by atoms with Gasteiger partial charge in [0.2, 0.25) is 11.8 Å². The molecule has 4 amide bonds. The highest BCUT2D eigenvalue weighted by Crippen LogP contribution is 2.39. The topological polar surface area (TPSA) is 101 Å². The molecule has 9 heteroatoms. The van der Waals surface area contributed by atoms with Crippen molar-refractivity contribution in [2.75, 3.05) is 26.7 Å². The standard InChI is InChI=1S/C30H36N4O5/c1-39-24-12-10-20(11-13-24)15-30(27(36)31-29(38)34(28(30)37)23-6-3-2-4-7-23)19-32-16-21-14-22(18-32)25-8-5-9-26(35)33(25)17-21/h5,8-13,21-23H,2-4,6-7,14-19H2,1H3,(H,31,36,38)/t21-,22+,30-/m0/s1. The molecule has 3 fully saturated rings. The monoisotopic (exact) mass is 532 g/mol. The first-order valence-corrected chi connectivity index (χ1v) is 14.1. The molecule has 1 saturated carbocycles. The highest BCUT2D eigenvalue weighted by molar-refractivity contribution is 6.19. The van der Waals surface area contributed by atoms with Gasteiger partial charge in [0.05, 0.1) is 7.11 Å². The maximum atomic E-state index is 14.4. The molecule has 0 spiro atoms. The van der Waals surface area contributed by atoms with Gasteiger partial charge in [-0.05, 0) is 55.4 Å². The molecule has 2 aromatic rings. The molecule has 4 heterocycles. The average molecular weight is 533 g/mol. The lowest BCUT2D eigenvalue weighted by Gasteiger charge is -2.48. The van der Waals surface area contributed by atoms with Gasteiger partial charge in [-0.1, -0.05) is 37.5 Å². The van der Waals surface area contributed by atoms with Crippen molar-refractivity contribution in [2.24, 2.45) is 11.3 Å². The number of carbonyl (C=O) groups excluding carboxylic acids is 3. The molecule has 3 atom stereocenters. The van der Waals surface area contributed by atoms with Gasteiger partial charge in [0.1, 0.15) is 11.2 Å². The van der Waals surface area contributed by atoms with Crippen LogP contribution >= 0.6 is 0 Å². The molecule has 2 bridgehead atoms. The number of likely N-dealkylation sites (tertiary alicyclic amines) is 1. The summed E-state index contributed by atoms with van der Waals surface area (Å²) in [7, 11) is 1.60. The Labute approximate surface area is 228 Å². The zero-order valence-corrected chi connectivity index (χ0v) is 22.4. The molecular formula is C30H36N4O5. The molecule has 9 nitrogen and oxygen atoms in total. The highest BCUT2D eigenvalue weighted by atomic mass is 16.5. The molecule has 1 aromatic heterocycles. The lowest BCUT2D eigenvalue weighted by atomic mass is 9.75. The van der Waals surface area contributed by atoms with Crippen LogP contribution in [0.15, 0.2) is 47.3 Å². The third-order valence-electron chi connectivity index (χ3n) is 9.16. The predicted molar refractivity (Wildman–Crippen MR) is 144 cm³/mol. The summed E-state index contributed by atoms with van der Waals surface area (Å²) in [6, 6.07) is 12.1. The van der Waals surface area contributed by atoms with Crippen LogP contribution in [0.1, 0.15) is 55.7 Å². The van der Waals surface area contributed by atoms with E-state index in [2.05, 4.69) is 10.2 Å². The number of fused-ring (bicyclic) bond motifs is 4. The summed E-state index contributed by atoms with van der Waals surface area (Å²) in [6.45, 7) is 2.21. The van der Waals surface area contributed by atoms with Crippen molar-refractivity contribution in [3.05, 3.63) is 64.1 Å². The average Bonchev–Trinajstić information content (AvgIpc) is 2.93. The summed E-state index contributed by atoms with van der Waals surface area (Å²) in [5.74, 6) is 0.206. The van der Waals surface area contributed by atoms with Gasteiger partial charge >= 0.3 is 6.03 Å². The van der Waals surface area contributed by atoms with E-state index in [0.29, 0.717) is 25.4 Å². The lowest BCUT2D eigenvalue weighted by Crippen LogP contribution is -2.69. The molecule has 3 aliphatic heterocycles. The molecule has 1 N–H and O–H groups in total. The normalized spacial score (nSPS) is 27.7. The number of nitrogens with one attached hydrogen (secondary N) is 1. The van der Waals surface area contributed by atoms with E-state index in [4.69, 9.17) is 4.74 Å². The minimum absolute atomic E-state index is 0.0232. The van der Waals surface area contributed by atoms with Gasteiger partial charge in [-0.2, -0.15) is 0 Å². The zero-order valence-electron chi connectivity index (χ0n) is 22.4. The first kappa shape index (κ1) is 25.8. The van der Waals surface area contributed by atoms with E-state index in [1.807, 2.05) is 41.0 Å². The SMILES string of the molecule is COc1ccc(C[C@]2(CN3C[C@@H]4C[C@H](C3)c3cccc(=O)n3C4)C(=O)NC(=O)N(C3CCCCC3)C2=O)cc1. The number of methoxy groups -OCH3 is 1. The number of hydrogen-bond donors (Lipinski definition) is 1. The largest absolute Gasteiger partial charge is 0.497 e. The number of barbiturate groups is 1. The number of pyridine rings is 1. The van der Waals surface area contributed by atoms with Crippen LogP contribution in [0.25, 0.3) is 0 Å². The van der Waals surface area contributed by atoms with Gasteiger partial charge in [-0.25, -0.2) is 4.79 Å². The third kappa shape index (κ3) is 4.67. The van der Waals surface area contributed by atoms with E-state index in [0.717, 1.165) is 49.8 Å². The van der Waals surface area contributed by atoms with E-state index in [9.17, 15) is 19.2 Å². The Bertz CT molecular complexity index is 1330. The Morgan fingerprint density at radius 2 is 1.72 bits per heavy atom. The fourth-order valence-electron chi connectivity index (χ4n) is 7.32. The number of imide groups is 2. The van der Waals surface area contributed by atoms with Crippen LogP contribution in [0, 0.1) is 11.3 Å². The number of benzene rings is 1. The smallest absolute Gasteiger partial charge is 0.331 e. The molecule has 206 valence electrons. The molecular weight excluding hydrogens is 496 g/mol. The number of ether oxygens (including phenoxy) is 1. The minimum Gasteiger partial charge on any atom is -0.497 e. The lowest BCUT2D eigenvalue weighted by molar-refractivity contribution is -0.155. The zero-order chi connectivity index (χ0) is 27.1. The van der Waals surface area contributed by atoms with Crippen LogP contribution in [0.5, 0.6) is 5.75 Å². The van der Waals surface area contributed by atoms with Crippen molar-refractivity contribution >= 4 is 17.8 Å². The number of rotatable bonds is 6. The second-order valence-electron chi connectivity index (χ2n) is 11.7. The van der Waals surface area contributed by atoms with Gasteiger partial charge < -0.3 is 14.2 Å². The molecule has 2 saturated heterocycles. The number of amides is 4. The Morgan fingerprint density at radius 3 is 2.46 bits per heavy atom. The number of carbonyl (C=O) groups is 3. The molecule has 1 aromatic carbocycles. The maximum absolute atomic E-state index is 14.4. The van der Waals surface area contributed by atoms with Crippen molar-refractivity contribution in [1.82, 2.24) is 19.7 Å². The van der Waals surface area contributed by atoms with Crippen molar-refractivity contribution < 1.29 is 19.1 Å². The van der Waals surface area contributed by atoms with Crippen LogP contribution < -0.4 is 15.6 Å². The van der Waals surface area contributed by atoms with E-state index >= 15 is 0 Å². The summed E-state index contributed by atoms with van der Waals surface area (Å²) >= 11 is 0. The van der Waals surface area contributed by atoms with Gasteiger partial charge in [-0.15, -0.1) is 0 Å². The Hall–Kier alpha value is -3.46. The minimum atomic E-state index is -1.43. The van der Waals surface area contributed by atoms with Crippen LogP contribution in [-0.4, -0.2) is 65.0 Å². The first-order chi connectivity index (χ1) is 18.9. The van der Waals surface area contributed by atoms with Crippen LogP contribution in [-0.2, 0) is 22.6 Å². The number of piperidine rings is 1. The summed E-state index contributed by atoms with van der Waals surface area (Å²) < 4.78 is 7.19. The van der Waals surface area contributed by atoms with Gasteiger partial charge in [0.25, 0.3) is 5.56 Å². The second kappa shape index (κ2) is 10.3. The van der Waals surface area contributed by atoms with Crippen molar-refractivity contribution in [1.29, 1.82) is 0 Å². The summed E-state index contributed by atoms with van der Waals surface area (Å²) in [5, 5.41) is 2.58. The summed E-state index contributed by atoms with van der Waals surface area (Å²) in [5.41, 5.74) is 0.453. The molecule has 4 aliphatic rings. The van der Waals surface area contributed by atoms with E-state index in [1.165, 1.54) is 4.90 Å². The molecule has 39 heavy (non-hydrogen) atoms. The van der Waals surface area contributed by atoms with Crippen LogP contribution in [0.4, 0.5) is 4.79 Å². The number of urea groups is 1. The number of hydrogen-bond acceptors (Lipinski definition) is 6. The van der Waals surface area contributed by atoms with Crippen LogP contribution in [0.2, 0.25) is 0 Å². The highest BCUT2D eigenvalue weighted by Gasteiger charge is 2.56. The van der Waals surface area contributed by atoms with Crippen molar-refractivity contribution in [2.45, 2.75) is 63.5 Å². The van der Waals surface area contributed by atoms with Crippen molar-refractivity contribution in [3.63, 3.8) is 0 Å². The van der Waals surface area contributed by atoms with Gasteiger partial charge in [0, 0.05) is 49.9 Å². The second-order valence-corrected chi connectivity index (χ2v) is 11.7. The fourth-order valence-corrected chi connectivity index (χ4v) is 7.32. The first-order valence-electron chi connectivity index (χ1n) is 14.1. The van der Waals surface area contributed by atoms with Gasteiger partial charge in [0.15, 0.2) is 0 Å². The van der Waals surface area contributed by atoms with E-state index in [-0.39, 0.29) is 42.3 Å². The quantitative estimate of drug-likeness (QED) is 0.575. The Kier molecular flexibility index (Phi) is 6.79. The van der Waals surface area contributed by atoms with E-state index < -0.39 is 17.4 Å². The predicted octanol–water partition coefficient (Wildman–Crippen LogP) is 2.92. The number of nitrogens with zero attached hydrogens (tertiary/aromatic N) is 3. The van der Waals surface area contributed by atoms with Crippen LogP contribution in [0.3, 0.4) is 0 Å². The van der Waals surface area contributed by atoms with Gasteiger partial charge in [-0.3, -0.25) is 24.6 Å². The Morgan fingerprint density at radius 1 is 0.949 bits per heavy atom. The fraction of sp³-hybridized carbons (Fsp3) is 0.533. The van der Waals surface area contributed by atoms with Crippen molar-refractivity contribution in [3.8, 4) is 5.75 Å².